The highest BCUT2D eigenvalue weighted by atomic mass is 32.2. The lowest BCUT2D eigenvalue weighted by Crippen LogP contribution is -2.15. The molecule has 0 fully saturated rings. The van der Waals surface area contributed by atoms with Crippen LogP contribution < -0.4 is 9.47 Å². The van der Waals surface area contributed by atoms with E-state index in [4.69, 9.17) is 9.47 Å². The SMILES string of the molecule is c1cc2c(cc1CSc1nc3ncc4c(n3n1)CCC4)OCCO2. The molecule has 0 amide bonds. The first kappa shape index (κ1) is 14.1. The molecule has 3 heterocycles. The monoisotopic (exact) mass is 340 g/mol. The number of nitrogens with zero attached hydrogens (tertiary/aromatic N) is 4. The maximum absolute atomic E-state index is 5.63. The number of fused-ring (bicyclic) bond motifs is 4. The van der Waals surface area contributed by atoms with Gasteiger partial charge in [-0.1, -0.05) is 17.8 Å². The van der Waals surface area contributed by atoms with Gasteiger partial charge in [0, 0.05) is 11.9 Å². The smallest absolute Gasteiger partial charge is 0.253 e. The van der Waals surface area contributed by atoms with Crippen LogP contribution in [0.4, 0.5) is 0 Å². The topological polar surface area (TPSA) is 61.5 Å². The Morgan fingerprint density at radius 1 is 1.12 bits per heavy atom. The maximum atomic E-state index is 5.63. The lowest BCUT2D eigenvalue weighted by atomic mass is 10.2. The van der Waals surface area contributed by atoms with E-state index in [0.29, 0.717) is 19.0 Å². The van der Waals surface area contributed by atoms with Crippen LogP contribution in [0, 0.1) is 0 Å². The molecular formula is C17H16N4O2S. The van der Waals surface area contributed by atoms with Crippen LogP contribution in [0.3, 0.4) is 0 Å². The van der Waals surface area contributed by atoms with Gasteiger partial charge >= 0.3 is 0 Å². The summed E-state index contributed by atoms with van der Waals surface area (Å²) in [6, 6.07) is 6.06. The van der Waals surface area contributed by atoms with Crippen molar-refractivity contribution in [3.8, 4) is 11.5 Å². The Hall–Kier alpha value is -2.28. The van der Waals surface area contributed by atoms with Gasteiger partial charge in [-0.25, -0.2) is 4.98 Å². The van der Waals surface area contributed by atoms with Gasteiger partial charge in [-0.2, -0.15) is 9.50 Å². The summed E-state index contributed by atoms with van der Waals surface area (Å²) in [6.45, 7) is 1.22. The molecule has 7 heteroatoms. The normalized spacial score (nSPS) is 15.7. The number of benzene rings is 1. The Morgan fingerprint density at radius 2 is 2.04 bits per heavy atom. The summed E-state index contributed by atoms with van der Waals surface area (Å²) in [6.07, 6.45) is 5.28. The molecule has 1 aliphatic heterocycles. The van der Waals surface area contributed by atoms with Crippen molar-refractivity contribution >= 4 is 17.5 Å². The minimum atomic E-state index is 0.606. The van der Waals surface area contributed by atoms with Crippen LogP contribution in [0.15, 0.2) is 29.6 Å². The Balaban J connectivity index is 1.37. The molecule has 0 saturated carbocycles. The molecule has 0 spiro atoms. The zero-order chi connectivity index (χ0) is 15.9. The van der Waals surface area contributed by atoms with E-state index in [9.17, 15) is 0 Å². The molecule has 6 nitrogen and oxygen atoms in total. The van der Waals surface area contributed by atoms with E-state index >= 15 is 0 Å². The van der Waals surface area contributed by atoms with Crippen molar-refractivity contribution in [1.29, 1.82) is 0 Å². The number of aryl methyl sites for hydroxylation is 2. The number of thioether (sulfide) groups is 1. The molecule has 0 atom stereocenters. The maximum Gasteiger partial charge on any atom is 0.253 e. The Labute approximate surface area is 143 Å². The van der Waals surface area contributed by atoms with Crippen molar-refractivity contribution < 1.29 is 9.47 Å². The molecule has 1 aromatic carbocycles. The molecule has 24 heavy (non-hydrogen) atoms. The van der Waals surface area contributed by atoms with E-state index in [-0.39, 0.29) is 0 Å². The summed E-state index contributed by atoms with van der Waals surface area (Å²) in [5.41, 5.74) is 3.73. The molecule has 0 saturated heterocycles. The highest BCUT2D eigenvalue weighted by molar-refractivity contribution is 7.98. The van der Waals surface area contributed by atoms with Gasteiger partial charge in [0.1, 0.15) is 13.2 Å². The van der Waals surface area contributed by atoms with E-state index in [0.717, 1.165) is 35.2 Å². The summed E-state index contributed by atoms with van der Waals surface area (Å²) >= 11 is 1.62. The standard InChI is InChI=1S/C17H16N4O2S/c1-2-12-9-18-16-19-17(20-21(16)13(12)3-1)24-10-11-4-5-14-15(8-11)23-7-6-22-14/h4-5,8-9H,1-3,6-7,10H2. The third-order valence-corrected chi connectivity index (χ3v) is 5.28. The van der Waals surface area contributed by atoms with E-state index in [1.165, 1.54) is 23.2 Å². The van der Waals surface area contributed by atoms with Gasteiger partial charge in [-0.05, 0) is 42.5 Å². The van der Waals surface area contributed by atoms with Crippen LogP contribution in [0.5, 0.6) is 11.5 Å². The van der Waals surface area contributed by atoms with Crippen molar-refractivity contribution in [2.45, 2.75) is 30.2 Å². The predicted molar refractivity (Wildman–Crippen MR) is 89.8 cm³/mol. The minimum Gasteiger partial charge on any atom is -0.486 e. The molecule has 0 radical (unpaired) electrons. The number of rotatable bonds is 3. The van der Waals surface area contributed by atoms with Gasteiger partial charge in [0.2, 0.25) is 5.16 Å². The molecule has 2 aromatic heterocycles. The molecule has 2 aliphatic rings. The molecular weight excluding hydrogens is 324 g/mol. The van der Waals surface area contributed by atoms with Gasteiger partial charge < -0.3 is 9.47 Å². The Morgan fingerprint density at radius 3 is 3.00 bits per heavy atom. The van der Waals surface area contributed by atoms with E-state index in [2.05, 4.69) is 21.1 Å². The number of hydrogen-bond donors (Lipinski definition) is 0. The minimum absolute atomic E-state index is 0.606. The number of hydrogen-bond acceptors (Lipinski definition) is 6. The Kier molecular flexibility index (Phi) is 3.33. The van der Waals surface area contributed by atoms with Crippen molar-refractivity contribution in [2.75, 3.05) is 13.2 Å². The van der Waals surface area contributed by atoms with Crippen molar-refractivity contribution in [2.24, 2.45) is 0 Å². The first-order chi connectivity index (χ1) is 11.9. The fourth-order valence-corrected chi connectivity index (χ4v) is 3.97. The molecule has 0 unspecified atom stereocenters. The van der Waals surface area contributed by atoms with Crippen LogP contribution in [0.1, 0.15) is 23.2 Å². The van der Waals surface area contributed by atoms with Gasteiger partial charge in [0.25, 0.3) is 5.78 Å². The second kappa shape index (κ2) is 5.66. The molecule has 3 aromatic rings. The first-order valence-corrected chi connectivity index (χ1v) is 9.10. The van der Waals surface area contributed by atoms with E-state index < -0.39 is 0 Å². The molecule has 122 valence electrons. The predicted octanol–water partition coefficient (Wildman–Crippen LogP) is 2.68. The van der Waals surface area contributed by atoms with E-state index in [1.54, 1.807) is 11.8 Å². The molecule has 1 aliphatic carbocycles. The second-order valence-electron chi connectivity index (χ2n) is 5.96. The first-order valence-electron chi connectivity index (χ1n) is 8.12. The van der Waals surface area contributed by atoms with Crippen LogP contribution >= 0.6 is 11.8 Å². The van der Waals surface area contributed by atoms with Crippen molar-refractivity contribution in [3.05, 3.63) is 41.2 Å². The lowest BCUT2D eigenvalue weighted by Gasteiger charge is -2.18. The second-order valence-corrected chi connectivity index (χ2v) is 6.90. The highest BCUT2D eigenvalue weighted by Gasteiger charge is 2.18. The zero-order valence-corrected chi connectivity index (χ0v) is 13.9. The molecule has 0 bridgehead atoms. The summed E-state index contributed by atoms with van der Waals surface area (Å²) in [5, 5.41) is 5.40. The van der Waals surface area contributed by atoms with Crippen LogP contribution in [-0.2, 0) is 18.6 Å². The van der Waals surface area contributed by atoms with Crippen molar-refractivity contribution in [3.63, 3.8) is 0 Å². The van der Waals surface area contributed by atoms with Gasteiger partial charge in [-0.3, -0.25) is 0 Å². The van der Waals surface area contributed by atoms with Gasteiger partial charge in [0.05, 0.1) is 5.69 Å². The van der Waals surface area contributed by atoms with E-state index in [1.807, 2.05) is 22.8 Å². The fourth-order valence-electron chi connectivity index (χ4n) is 3.20. The average molecular weight is 340 g/mol. The fraction of sp³-hybridized carbons (Fsp3) is 0.353. The van der Waals surface area contributed by atoms with Crippen LogP contribution in [-0.4, -0.2) is 32.8 Å². The summed E-state index contributed by atoms with van der Waals surface area (Å²) in [7, 11) is 0. The van der Waals surface area contributed by atoms with Crippen LogP contribution in [0.2, 0.25) is 0 Å². The number of aromatic nitrogens is 4. The summed E-state index contributed by atoms with van der Waals surface area (Å²) < 4.78 is 13.1. The number of ether oxygens (including phenoxy) is 2. The average Bonchev–Trinajstić information content (AvgIpc) is 3.25. The third kappa shape index (κ3) is 2.39. The van der Waals surface area contributed by atoms with Crippen molar-refractivity contribution in [1.82, 2.24) is 19.6 Å². The highest BCUT2D eigenvalue weighted by Crippen LogP contribution is 2.32. The van der Waals surface area contributed by atoms with Gasteiger partial charge in [-0.15, -0.1) is 5.10 Å². The Bertz CT molecular complexity index is 924. The zero-order valence-electron chi connectivity index (χ0n) is 13.1. The quantitative estimate of drug-likeness (QED) is 0.683. The van der Waals surface area contributed by atoms with Gasteiger partial charge in [0.15, 0.2) is 11.5 Å². The summed E-state index contributed by atoms with van der Waals surface area (Å²) in [4.78, 5) is 8.97. The summed E-state index contributed by atoms with van der Waals surface area (Å²) in [5.74, 6) is 3.12. The third-order valence-electron chi connectivity index (χ3n) is 4.37. The lowest BCUT2D eigenvalue weighted by molar-refractivity contribution is 0.171. The molecule has 5 rings (SSSR count). The largest absolute Gasteiger partial charge is 0.486 e. The van der Waals surface area contributed by atoms with Crippen LogP contribution in [0.25, 0.3) is 5.78 Å². The molecule has 0 N–H and O–H groups in total.